The predicted molar refractivity (Wildman–Crippen MR) is 122 cm³/mol. The molecule has 2 amide bonds. The minimum Gasteiger partial charge on any atom is -0.493 e. The van der Waals surface area contributed by atoms with E-state index in [2.05, 4.69) is 6.58 Å². The van der Waals surface area contributed by atoms with Crippen molar-refractivity contribution in [3.63, 3.8) is 0 Å². The molecule has 0 N–H and O–H groups in total. The zero-order valence-corrected chi connectivity index (χ0v) is 18.3. The zero-order chi connectivity index (χ0) is 22.5. The smallest absolute Gasteiger partial charge is 0.330 e. The molecule has 1 aliphatic carbocycles. The lowest BCUT2D eigenvalue weighted by Gasteiger charge is -2.36. The summed E-state index contributed by atoms with van der Waals surface area (Å²) in [5.41, 5.74) is 1.16. The molecule has 2 aliphatic rings. The second-order valence-electron chi connectivity index (χ2n) is 8.39. The number of amides is 2. The molecule has 6 nitrogen and oxygen atoms in total. The minimum atomic E-state index is -0.406. The highest BCUT2D eigenvalue weighted by Gasteiger charge is 2.38. The van der Waals surface area contributed by atoms with E-state index >= 15 is 0 Å². The molecule has 4 rings (SSSR count). The van der Waals surface area contributed by atoms with Crippen molar-refractivity contribution in [1.29, 1.82) is 0 Å². The summed E-state index contributed by atoms with van der Waals surface area (Å²) < 4.78 is 11.0. The average molecular weight is 436 g/mol. The summed E-state index contributed by atoms with van der Waals surface area (Å²) in [5.74, 6) is -0.107. The van der Waals surface area contributed by atoms with Crippen LogP contribution in [0.2, 0.25) is 0 Å². The van der Waals surface area contributed by atoms with Crippen LogP contribution >= 0.6 is 0 Å². The first-order chi connectivity index (χ1) is 15.6. The molecule has 32 heavy (non-hydrogen) atoms. The number of rotatable bonds is 9. The fourth-order valence-electron chi connectivity index (χ4n) is 4.68. The van der Waals surface area contributed by atoms with E-state index in [0.717, 1.165) is 56.4 Å². The molecule has 1 fully saturated rings. The maximum Gasteiger partial charge on any atom is 0.330 e. The molecular weight excluding hydrogens is 406 g/mol. The van der Waals surface area contributed by atoms with Crippen molar-refractivity contribution in [2.24, 2.45) is 0 Å². The number of esters is 1. The van der Waals surface area contributed by atoms with E-state index in [0.29, 0.717) is 35.5 Å². The van der Waals surface area contributed by atoms with Crippen LogP contribution in [-0.4, -0.2) is 41.9 Å². The number of carbonyl (C=O) groups is 3. The zero-order valence-electron chi connectivity index (χ0n) is 18.3. The summed E-state index contributed by atoms with van der Waals surface area (Å²) in [5, 5.41) is 1.49. The van der Waals surface area contributed by atoms with Crippen LogP contribution in [0.5, 0.6) is 5.75 Å². The third-order valence-corrected chi connectivity index (χ3v) is 6.30. The van der Waals surface area contributed by atoms with Gasteiger partial charge in [0.25, 0.3) is 11.8 Å². The van der Waals surface area contributed by atoms with Gasteiger partial charge in [-0.15, -0.1) is 0 Å². The molecule has 0 aromatic heterocycles. The Bertz CT molecular complexity index is 1020. The molecule has 1 heterocycles. The van der Waals surface area contributed by atoms with Gasteiger partial charge in [-0.3, -0.25) is 14.5 Å². The van der Waals surface area contributed by atoms with Crippen LogP contribution in [0.15, 0.2) is 43.0 Å². The average Bonchev–Trinajstić information content (AvgIpc) is 2.82. The molecule has 1 saturated carbocycles. The van der Waals surface area contributed by atoms with E-state index in [1.165, 1.54) is 11.3 Å². The number of unbranched alkanes of at least 4 members (excludes halogenated alkanes) is 2. The fourth-order valence-corrected chi connectivity index (χ4v) is 4.68. The first kappa shape index (κ1) is 22.1. The Kier molecular flexibility index (Phi) is 6.88. The van der Waals surface area contributed by atoms with Crippen molar-refractivity contribution in [2.75, 3.05) is 13.2 Å². The van der Waals surface area contributed by atoms with Crippen LogP contribution in [-0.2, 0) is 9.53 Å². The van der Waals surface area contributed by atoms with Crippen molar-refractivity contribution >= 4 is 28.6 Å². The number of hydrogen-bond donors (Lipinski definition) is 0. The Morgan fingerprint density at radius 2 is 1.69 bits per heavy atom. The summed E-state index contributed by atoms with van der Waals surface area (Å²) in [7, 11) is 0. The van der Waals surface area contributed by atoms with Gasteiger partial charge in [-0.1, -0.05) is 38.0 Å². The van der Waals surface area contributed by atoms with Gasteiger partial charge >= 0.3 is 5.97 Å². The first-order valence-corrected chi connectivity index (χ1v) is 11.5. The van der Waals surface area contributed by atoms with Gasteiger partial charge in [0.05, 0.1) is 13.2 Å². The normalized spacial score (nSPS) is 16.3. The standard InChI is InChI=1S/C26H29NO5/c1-2-23(28)32-17-8-4-7-16-31-22-15-14-21-24-19(22)12-9-13-20(24)25(29)27(26(21)30)18-10-5-3-6-11-18/h2,9,12-15,18H,1,3-8,10-11,16-17H2. The number of hydrogen-bond acceptors (Lipinski definition) is 5. The molecule has 0 bridgehead atoms. The highest BCUT2D eigenvalue weighted by molar-refractivity contribution is 6.26. The number of ether oxygens (including phenoxy) is 2. The molecule has 0 atom stereocenters. The molecule has 0 unspecified atom stereocenters. The summed E-state index contributed by atoms with van der Waals surface area (Å²) in [6.45, 7) is 4.24. The molecule has 168 valence electrons. The van der Waals surface area contributed by atoms with Crippen molar-refractivity contribution < 1.29 is 23.9 Å². The maximum absolute atomic E-state index is 13.3. The van der Waals surface area contributed by atoms with Crippen LogP contribution < -0.4 is 4.74 Å². The molecule has 6 heteroatoms. The van der Waals surface area contributed by atoms with Crippen LogP contribution in [0.4, 0.5) is 0 Å². The molecule has 1 aliphatic heterocycles. The van der Waals surface area contributed by atoms with Gasteiger partial charge in [0.2, 0.25) is 0 Å². The third-order valence-electron chi connectivity index (χ3n) is 6.30. The first-order valence-electron chi connectivity index (χ1n) is 11.5. The van der Waals surface area contributed by atoms with Crippen LogP contribution in [0.25, 0.3) is 10.8 Å². The molecular formula is C26H29NO5. The van der Waals surface area contributed by atoms with Gasteiger partial charge in [0.15, 0.2) is 0 Å². The second kappa shape index (κ2) is 9.98. The Morgan fingerprint density at radius 3 is 2.44 bits per heavy atom. The van der Waals surface area contributed by atoms with E-state index < -0.39 is 5.97 Å². The lowest BCUT2D eigenvalue weighted by molar-refractivity contribution is -0.137. The third kappa shape index (κ3) is 4.40. The van der Waals surface area contributed by atoms with Gasteiger partial charge in [-0.05, 0) is 50.3 Å². The largest absolute Gasteiger partial charge is 0.493 e. The molecule has 0 spiro atoms. The maximum atomic E-state index is 13.3. The van der Waals surface area contributed by atoms with Crippen molar-refractivity contribution in [3.8, 4) is 5.75 Å². The molecule has 0 saturated heterocycles. The monoisotopic (exact) mass is 435 g/mol. The highest BCUT2D eigenvalue weighted by atomic mass is 16.5. The summed E-state index contributed by atoms with van der Waals surface area (Å²) in [6.07, 6.45) is 8.64. The topological polar surface area (TPSA) is 72.9 Å². The second-order valence-corrected chi connectivity index (χ2v) is 8.39. The Hall–Kier alpha value is -3.15. The summed E-state index contributed by atoms with van der Waals surface area (Å²) in [4.78, 5) is 39.1. The Labute approximate surface area is 188 Å². The number of imide groups is 1. The number of nitrogens with zero attached hydrogens (tertiary/aromatic N) is 1. The summed E-state index contributed by atoms with van der Waals surface area (Å²) in [6, 6.07) is 9.19. The lowest BCUT2D eigenvalue weighted by Crippen LogP contribution is -2.47. The fraction of sp³-hybridized carbons (Fsp3) is 0.423. The molecule has 2 aromatic carbocycles. The van der Waals surface area contributed by atoms with Gasteiger partial charge in [-0.25, -0.2) is 4.79 Å². The summed E-state index contributed by atoms with van der Waals surface area (Å²) >= 11 is 0. The van der Waals surface area contributed by atoms with Gasteiger partial charge in [0.1, 0.15) is 5.75 Å². The van der Waals surface area contributed by atoms with Crippen molar-refractivity contribution in [2.45, 2.75) is 57.4 Å². The van der Waals surface area contributed by atoms with Crippen LogP contribution in [0, 0.1) is 0 Å². The van der Waals surface area contributed by atoms with Crippen molar-refractivity contribution in [1.82, 2.24) is 4.90 Å². The molecule has 2 aromatic rings. The number of carbonyl (C=O) groups excluding carboxylic acids is 3. The highest BCUT2D eigenvalue weighted by Crippen LogP contribution is 2.37. The number of benzene rings is 2. The van der Waals surface area contributed by atoms with E-state index in [4.69, 9.17) is 9.47 Å². The van der Waals surface area contributed by atoms with Crippen molar-refractivity contribution in [3.05, 3.63) is 54.1 Å². The van der Waals surface area contributed by atoms with Gasteiger partial charge in [0, 0.05) is 34.0 Å². The van der Waals surface area contributed by atoms with E-state index in [1.54, 1.807) is 6.07 Å². The van der Waals surface area contributed by atoms with Gasteiger partial charge < -0.3 is 9.47 Å². The van der Waals surface area contributed by atoms with E-state index in [-0.39, 0.29) is 17.9 Å². The van der Waals surface area contributed by atoms with E-state index in [1.807, 2.05) is 24.3 Å². The lowest BCUT2D eigenvalue weighted by atomic mass is 9.89. The van der Waals surface area contributed by atoms with Gasteiger partial charge in [-0.2, -0.15) is 0 Å². The SMILES string of the molecule is C=CC(=O)OCCCCCOc1ccc2c3c(cccc13)C(=O)N(C1CCCCC1)C2=O. The quantitative estimate of drug-likeness (QED) is 0.239. The Balaban J connectivity index is 1.46. The van der Waals surface area contributed by atoms with Crippen LogP contribution in [0.1, 0.15) is 72.1 Å². The van der Waals surface area contributed by atoms with Crippen LogP contribution in [0.3, 0.4) is 0 Å². The van der Waals surface area contributed by atoms with E-state index in [9.17, 15) is 14.4 Å². The minimum absolute atomic E-state index is 0.00571. The molecule has 0 radical (unpaired) electrons. The predicted octanol–water partition coefficient (Wildman–Crippen LogP) is 5.05. The Morgan fingerprint density at radius 1 is 0.969 bits per heavy atom.